The van der Waals surface area contributed by atoms with Crippen molar-refractivity contribution in [3.8, 4) is 0 Å². The lowest BCUT2D eigenvalue weighted by Gasteiger charge is -2.34. The van der Waals surface area contributed by atoms with Crippen LogP contribution in [0.1, 0.15) is 32.1 Å². The molecule has 1 atom stereocenters. The second-order valence-electron chi connectivity index (χ2n) is 5.79. The van der Waals surface area contributed by atoms with Crippen LogP contribution in [-0.4, -0.2) is 54.6 Å². The van der Waals surface area contributed by atoms with E-state index in [0.717, 1.165) is 38.4 Å². The molecular formula is C13H23N3O. The first kappa shape index (κ1) is 11.3. The van der Waals surface area contributed by atoms with Crippen molar-refractivity contribution in [2.45, 2.75) is 44.2 Å². The number of likely N-dealkylation sites (N-methyl/N-ethyl adjacent to an activating group) is 1. The summed E-state index contributed by atoms with van der Waals surface area (Å²) >= 11 is 0. The first-order valence-electron chi connectivity index (χ1n) is 7.01. The first-order valence-corrected chi connectivity index (χ1v) is 7.01. The van der Waals surface area contributed by atoms with Crippen LogP contribution in [0.3, 0.4) is 0 Å². The summed E-state index contributed by atoms with van der Waals surface area (Å²) in [5, 5.41) is 3.37. The molecule has 2 heterocycles. The number of hydrogen-bond donors (Lipinski definition) is 1. The Morgan fingerprint density at radius 1 is 1.18 bits per heavy atom. The van der Waals surface area contributed by atoms with Crippen LogP contribution < -0.4 is 5.32 Å². The summed E-state index contributed by atoms with van der Waals surface area (Å²) in [6.45, 7) is 3.10. The van der Waals surface area contributed by atoms with Gasteiger partial charge in [-0.25, -0.2) is 4.79 Å². The average molecular weight is 237 g/mol. The second kappa shape index (κ2) is 4.48. The third-order valence-electron chi connectivity index (χ3n) is 4.87. The van der Waals surface area contributed by atoms with Crippen molar-refractivity contribution in [2.24, 2.45) is 5.92 Å². The molecule has 1 saturated carbocycles. The predicted octanol–water partition coefficient (Wildman–Crippen LogP) is 1.27. The highest BCUT2D eigenvalue weighted by atomic mass is 16.2. The van der Waals surface area contributed by atoms with Crippen molar-refractivity contribution in [1.29, 1.82) is 0 Å². The van der Waals surface area contributed by atoms with Gasteiger partial charge in [-0.3, -0.25) is 0 Å². The van der Waals surface area contributed by atoms with Crippen LogP contribution >= 0.6 is 0 Å². The molecule has 2 saturated heterocycles. The van der Waals surface area contributed by atoms with E-state index in [1.807, 2.05) is 11.9 Å². The Kier molecular flexibility index (Phi) is 2.99. The normalized spacial score (nSPS) is 32.1. The van der Waals surface area contributed by atoms with E-state index in [4.69, 9.17) is 0 Å². The lowest BCUT2D eigenvalue weighted by Crippen LogP contribution is -2.44. The molecule has 3 aliphatic rings. The van der Waals surface area contributed by atoms with Crippen LogP contribution in [-0.2, 0) is 0 Å². The molecule has 2 aliphatic heterocycles. The molecule has 1 N–H and O–H groups in total. The molecule has 96 valence electrons. The molecule has 0 bridgehead atoms. The van der Waals surface area contributed by atoms with Crippen LogP contribution in [0.15, 0.2) is 0 Å². The van der Waals surface area contributed by atoms with Crippen molar-refractivity contribution in [3.05, 3.63) is 0 Å². The van der Waals surface area contributed by atoms with Crippen molar-refractivity contribution < 1.29 is 4.79 Å². The highest BCUT2D eigenvalue weighted by Crippen LogP contribution is 2.36. The molecule has 1 unspecified atom stereocenters. The molecule has 0 aromatic heterocycles. The number of carbonyl (C=O) groups is 1. The van der Waals surface area contributed by atoms with Gasteiger partial charge in [0.15, 0.2) is 0 Å². The first-order chi connectivity index (χ1) is 8.27. The molecule has 4 nitrogen and oxygen atoms in total. The molecular weight excluding hydrogens is 214 g/mol. The minimum absolute atomic E-state index is 0.272. The molecule has 17 heavy (non-hydrogen) atoms. The van der Waals surface area contributed by atoms with Gasteiger partial charge in [0.1, 0.15) is 0 Å². The summed E-state index contributed by atoms with van der Waals surface area (Å²) in [4.78, 5) is 16.4. The highest BCUT2D eigenvalue weighted by molar-refractivity contribution is 5.77. The minimum atomic E-state index is 0.272. The van der Waals surface area contributed by atoms with Crippen LogP contribution in [0.2, 0.25) is 0 Å². The molecule has 3 fully saturated rings. The average Bonchev–Trinajstić information content (AvgIpc) is 2.57. The molecule has 3 rings (SSSR count). The van der Waals surface area contributed by atoms with E-state index in [2.05, 4.69) is 10.2 Å². The van der Waals surface area contributed by atoms with Gasteiger partial charge in [-0.1, -0.05) is 6.42 Å². The summed E-state index contributed by atoms with van der Waals surface area (Å²) in [6.07, 6.45) is 6.25. The Bertz CT molecular complexity index is 297. The zero-order chi connectivity index (χ0) is 11.8. The van der Waals surface area contributed by atoms with Gasteiger partial charge in [0, 0.05) is 19.6 Å². The van der Waals surface area contributed by atoms with Crippen molar-refractivity contribution in [1.82, 2.24) is 15.1 Å². The Morgan fingerprint density at radius 3 is 2.47 bits per heavy atom. The van der Waals surface area contributed by atoms with Gasteiger partial charge < -0.3 is 15.1 Å². The van der Waals surface area contributed by atoms with E-state index < -0.39 is 0 Å². The lowest BCUT2D eigenvalue weighted by atomic mass is 9.79. The van der Waals surface area contributed by atoms with Crippen molar-refractivity contribution >= 4 is 6.03 Å². The van der Waals surface area contributed by atoms with Gasteiger partial charge in [0.25, 0.3) is 0 Å². The summed E-state index contributed by atoms with van der Waals surface area (Å²) in [5.41, 5.74) is 0. The fraction of sp³-hybridized carbons (Fsp3) is 0.923. The fourth-order valence-corrected chi connectivity index (χ4v) is 3.46. The summed E-state index contributed by atoms with van der Waals surface area (Å²) in [6, 6.07) is 1.25. The maximum atomic E-state index is 12.3. The monoisotopic (exact) mass is 237 g/mol. The van der Waals surface area contributed by atoms with Crippen LogP contribution in [0.4, 0.5) is 4.79 Å². The molecule has 0 aromatic carbocycles. The number of urea groups is 1. The second-order valence-corrected chi connectivity index (χ2v) is 5.79. The molecule has 2 amide bonds. The Hall–Kier alpha value is -0.770. The largest absolute Gasteiger partial charge is 0.323 e. The topological polar surface area (TPSA) is 35.6 Å². The van der Waals surface area contributed by atoms with E-state index in [1.54, 1.807) is 0 Å². The third-order valence-corrected chi connectivity index (χ3v) is 4.87. The summed E-state index contributed by atoms with van der Waals surface area (Å²) in [5.74, 6) is 0.774. The van der Waals surface area contributed by atoms with Gasteiger partial charge in [0.05, 0.1) is 6.04 Å². The van der Waals surface area contributed by atoms with Gasteiger partial charge in [0.2, 0.25) is 0 Å². The Morgan fingerprint density at radius 2 is 1.88 bits per heavy atom. The Labute approximate surface area is 103 Å². The van der Waals surface area contributed by atoms with Crippen molar-refractivity contribution in [3.63, 3.8) is 0 Å². The van der Waals surface area contributed by atoms with E-state index in [9.17, 15) is 4.79 Å². The molecule has 1 aliphatic carbocycles. The maximum Gasteiger partial charge on any atom is 0.320 e. The number of hydrogen-bond acceptors (Lipinski definition) is 2. The van der Waals surface area contributed by atoms with Crippen LogP contribution in [0.25, 0.3) is 0 Å². The third kappa shape index (κ3) is 1.92. The van der Waals surface area contributed by atoms with E-state index in [1.165, 1.54) is 19.3 Å². The lowest BCUT2D eigenvalue weighted by molar-refractivity contribution is 0.162. The Balaban J connectivity index is 1.67. The predicted molar refractivity (Wildman–Crippen MR) is 66.9 cm³/mol. The van der Waals surface area contributed by atoms with Crippen LogP contribution in [0.5, 0.6) is 0 Å². The molecule has 0 radical (unpaired) electrons. The fourth-order valence-electron chi connectivity index (χ4n) is 3.46. The molecule has 0 aromatic rings. The van der Waals surface area contributed by atoms with Gasteiger partial charge >= 0.3 is 6.03 Å². The number of nitrogens with zero attached hydrogens (tertiary/aromatic N) is 2. The number of nitrogens with one attached hydrogen (secondary N) is 1. The summed E-state index contributed by atoms with van der Waals surface area (Å²) < 4.78 is 0. The molecule has 4 heteroatoms. The van der Waals surface area contributed by atoms with Gasteiger partial charge in [-0.15, -0.1) is 0 Å². The van der Waals surface area contributed by atoms with Crippen molar-refractivity contribution in [2.75, 3.05) is 26.7 Å². The van der Waals surface area contributed by atoms with E-state index in [-0.39, 0.29) is 6.03 Å². The van der Waals surface area contributed by atoms with Crippen LogP contribution in [0, 0.1) is 5.92 Å². The quantitative estimate of drug-likeness (QED) is 0.785. The van der Waals surface area contributed by atoms with Gasteiger partial charge in [-0.2, -0.15) is 0 Å². The van der Waals surface area contributed by atoms with E-state index >= 15 is 0 Å². The zero-order valence-electron chi connectivity index (χ0n) is 10.7. The highest BCUT2D eigenvalue weighted by Gasteiger charge is 2.43. The maximum absolute atomic E-state index is 12.3. The molecule has 0 spiro atoms. The van der Waals surface area contributed by atoms with Gasteiger partial charge in [-0.05, 0) is 44.7 Å². The standard InChI is InChI=1S/C13H23N3O/c1-15-12(10-3-2-4-10)9-16(13(15)17)11-5-7-14-8-6-11/h10-12,14H,2-9H2,1H3. The zero-order valence-corrected chi connectivity index (χ0v) is 10.7. The minimum Gasteiger partial charge on any atom is -0.323 e. The number of piperidine rings is 1. The number of carbonyl (C=O) groups excluding carboxylic acids is 1. The SMILES string of the molecule is CN1C(=O)N(C2CCNCC2)CC1C1CCC1. The summed E-state index contributed by atoms with van der Waals surface area (Å²) in [7, 11) is 1.99. The number of rotatable bonds is 2. The number of amides is 2. The van der Waals surface area contributed by atoms with E-state index in [0.29, 0.717) is 12.1 Å². The smallest absolute Gasteiger partial charge is 0.320 e.